The van der Waals surface area contributed by atoms with E-state index >= 15 is 0 Å². The Morgan fingerprint density at radius 1 is 0.630 bits per heavy atom. The highest BCUT2D eigenvalue weighted by molar-refractivity contribution is 6.04. The van der Waals surface area contributed by atoms with Crippen LogP contribution in [0, 0.1) is 5.92 Å². The predicted octanol–water partition coefficient (Wildman–Crippen LogP) is 1.52. The molecule has 0 aromatic carbocycles. The van der Waals surface area contributed by atoms with Crippen molar-refractivity contribution in [1.29, 1.82) is 0 Å². The van der Waals surface area contributed by atoms with E-state index in [-0.39, 0.29) is 90.6 Å². The van der Waals surface area contributed by atoms with Crippen LogP contribution >= 0.6 is 0 Å². The van der Waals surface area contributed by atoms with Crippen LogP contribution in [0.3, 0.4) is 0 Å². The monoisotopic (exact) mass is 1020 g/mol. The molecule has 2 fully saturated rings. The van der Waals surface area contributed by atoms with Crippen LogP contribution in [-0.4, -0.2) is 180 Å². The van der Waals surface area contributed by atoms with Crippen LogP contribution in [0.5, 0.6) is 0 Å². The van der Waals surface area contributed by atoms with Crippen LogP contribution in [0.15, 0.2) is 36.9 Å². The Labute approximate surface area is 422 Å². The molecule has 0 atom stereocenters. The Morgan fingerprint density at radius 2 is 1.14 bits per heavy atom. The van der Waals surface area contributed by atoms with Crippen LogP contribution < -0.4 is 31.9 Å². The summed E-state index contributed by atoms with van der Waals surface area (Å²) in [7, 11) is 6.26. The molecule has 26 nitrogen and oxygen atoms in total. The van der Waals surface area contributed by atoms with Gasteiger partial charge in [0.05, 0.1) is 18.0 Å². The largest absolute Gasteiger partial charge is 0.477 e. The summed E-state index contributed by atoms with van der Waals surface area (Å²) in [5.41, 5.74) is 0.207. The summed E-state index contributed by atoms with van der Waals surface area (Å²) in [6.45, 7) is 12.8. The van der Waals surface area contributed by atoms with Crippen LogP contribution in [0.25, 0.3) is 0 Å². The van der Waals surface area contributed by atoms with Gasteiger partial charge in [-0.05, 0) is 51.7 Å². The maximum Gasteiger partial charge on any atom is 0.410 e. The van der Waals surface area contributed by atoms with Gasteiger partial charge in [0.1, 0.15) is 23.6 Å². The van der Waals surface area contributed by atoms with Crippen LogP contribution in [-0.2, 0) is 52.0 Å². The summed E-state index contributed by atoms with van der Waals surface area (Å²) < 4.78 is 16.8. The molecule has 0 spiro atoms. The first-order chi connectivity index (χ1) is 34.6. The van der Waals surface area contributed by atoms with E-state index in [0.717, 1.165) is 58.7 Å². The van der Waals surface area contributed by atoms with Gasteiger partial charge in [-0.15, -0.1) is 0 Å². The van der Waals surface area contributed by atoms with Gasteiger partial charge in [0.25, 0.3) is 17.7 Å². The quantitative estimate of drug-likeness (QED) is 0.0583. The van der Waals surface area contributed by atoms with E-state index in [1.54, 1.807) is 21.1 Å². The van der Waals surface area contributed by atoms with Gasteiger partial charge in [-0.3, -0.25) is 33.7 Å². The van der Waals surface area contributed by atoms with Gasteiger partial charge in [0.15, 0.2) is 11.6 Å². The summed E-state index contributed by atoms with van der Waals surface area (Å²) in [6, 6.07) is 2.75. The number of nitrogens with one attached hydrogen (secondary N) is 6. The Balaban J connectivity index is 0.820. The number of carbonyl (C=O) groups is 8. The average Bonchev–Trinajstić information content (AvgIpc) is 4.09. The number of nitrogens with zero attached hydrogens (tertiary/aromatic N) is 9. The van der Waals surface area contributed by atoms with Gasteiger partial charge in [0, 0.05) is 131 Å². The number of aromatic carboxylic acids is 1. The zero-order valence-electron chi connectivity index (χ0n) is 42.4. The Hall–Kier alpha value is -7.58. The second kappa shape index (κ2) is 24.7. The minimum Gasteiger partial charge on any atom is -0.477 e. The number of aryl methyl sites for hydroxylation is 4. The minimum absolute atomic E-state index is 0.0214. The van der Waals surface area contributed by atoms with E-state index in [4.69, 9.17) is 9.47 Å². The molecule has 6 heterocycles. The molecule has 73 heavy (non-hydrogen) atoms. The normalized spacial score (nSPS) is 14.6. The maximum absolute atomic E-state index is 13.2. The van der Waals surface area contributed by atoms with Crippen molar-refractivity contribution in [2.75, 3.05) is 99.9 Å². The number of piperidine rings is 1. The third-order valence-corrected chi connectivity index (χ3v) is 12.0. The molecule has 2 aliphatic heterocycles. The molecule has 2 saturated heterocycles. The van der Waals surface area contributed by atoms with E-state index in [2.05, 4.69) is 51.7 Å². The van der Waals surface area contributed by atoms with Crippen molar-refractivity contribution in [2.45, 2.75) is 52.1 Å². The zero-order valence-corrected chi connectivity index (χ0v) is 42.4. The molecule has 2 aliphatic rings. The highest BCUT2D eigenvalue weighted by atomic mass is 16.6. The number of carbonyl (C=O) groups excluding carboxylic acids is 7. The molecule has 4 aromatic heterocycles. The summed E-state index contributed by atoms with van der Waals surface area (Å²) in [5.74, 6) is -3.47. The average molecular weight is 1020 g/mol. The fourth-order valence-corrected chi connectivity index (χ4v) is 8.25. The number of carboxylic acid groups (broad SMARTS) is 1. The van der Waals surface area contributed by atoms with E-state index < -0.39 is 41.1 Å². The molecule has 0 radical (unpaired) electrons. The first-order valence-electron chi connectivity index (χ1n) is 24.0. The molecule has 0 unspecified atom stereocenters. The number of carboxylic acids is 1. The Morgan fingerprint density at radius 3 is 1.66 bits per heavy atom. The van der Waals surface area contributed by atoms with E-state index in [9.17, 15) is 43.5 Å². The lowest BCUT2D eigenvalue weighted by molar-refractivity contribution is -0.126. The second-order valence-electron chi connectivity index (χ2n) is 19.1. The van der Waals surface area contributed by atoms with Gasteiger partial charge < -0.3 is 74.5 Å². The molecule has 7 N–H and O–H groups in total. The smallest absolute Gasteiger partial charge is 0.410 e. The number of amides is 7. The highest BCUT2D eigenvalue weighted by Gasteiger charge is 2.29. The number of hydrogen-bond acceptors (Lipinski definition) is 14. The molecule has 396 valence electrons. The maximum atomic E-state index is 13.2. The first kappa shape index (κ1) is 54.7. The summed E-state index contributed by atoms with van der Waals surface area (Å²) in [5, 5.41) is 25.1. The Bertz CT molecular complexity index is 2640. The topological polar surface area (TPSA) is 303 Å². The van der Waals surface area contributed by atoms with E-state index in [1.807, 2.05) is 25.7 Å². The van der Waals surface area contributed by atoms with Crippen LogP contribution in [0.1, 0.15) is 88.7 Å². The van der Waals surface area contributed by atoms with Crippen molar-refractivity contribution in [3.63, 3.8) is 0 Å². The van der Waals surface area contributed by atoms with Gasteiger partial charge in [0.2, 0.25) is 29.4 Å². The molecular formula is C47H67N15O11. The fraction of sp³-hybridized carbons (Fsp3) is 0.532. The number of imidazole rings is 2. The van der Waals surface area contributed by atoms with Gasteiger partial charge in [-0.1, -0.05) is 0 Å². The first-order valence-corrected chi connectivity index (χ1v) is 24.0. The fourth-order valence-electron chi connectivity index (χ4n) is 8.25. The number of hydrogen-bond donors (Lipinski definition) is 7. The summed E-state index contributed by atoms with van der Waals surface area (Å²) >= 11 is 0. The molecule has 0 aliphatic carbocycles. The number of piperazine rings is 1. The second-order valence-corrected chi connectivity index (χ2v) is 19.1. The van der Waals surface area contributed by atoms with Gasteiger partial charge in [-0.25, -0.2) is 19.6 Å². The molecule has 6 rings (SSSR count). The minimum atomic E-state index is -1.15. The molecule has 0 saturated carbocycles. The van der Waals surface area contributed by atoms with Crippen LogP contribution in [0.4, 0.5) is 27.8 Å². The number of rotatable bonds is 21. The van der Waals surface area contributed by atoms with E-state index in [0.29, 0.717) is 19.1 Å². The standard InChI is InChI=1S/C47H67N15O11/c1-47(2,3)73-46(71)62-14-10-30(11-15-62)24-61-18-16-60(17-19-61)20-21-72-29-39(65)48-12-8-37(63)52-35-27-58(6)40(54-35)43(67)50-31-22-33(56(4)25-31)42(66)49-13-9-38(64)53-36-28-59(7)41(55-36)44(68)51-32-23-34(45(69)70)57(5)26-32/h22-23,25-28,30H,8-21,24,29H2,1-7H3,(H,48,65)(H,49,66)(H,50,67)(H,51,68)(H,52,63)(H,53,64)(H,69,70). The van der Waals surface area contributed by atoms with E-state index in [1.165, 1.54) is 62.2 Å². The summed E-state index contributed by atoms with van der Waals surface area (Å²) in [4.78, 5) is 115. The molecule has 4 aromatic rings. The third kappa shape index (κ3) is 16.2. The Kier molecular flexibility index (Phi) is 18.5. The SMILES string of the molecule is Cn1cc(NC(=O)c2nc(NC(=O)CCNC(=O)c3cc(NC(=O)c4nc(NC(=O)CCNC(=O)COCCN5CCN(CC6CCN(C(=O)OC(C)(C)C)CC6)CC5)cn4C)cn3C)cn2C)cc1C(=O)O. The van der Waals surface area contributed by atoms with Crippen molar-refractivity contribution in [3.8, 4) is 0 Å². The van der Waals surface area contributed by atoms with Crippen molar-refractivity contribution < 1.29 is 52.9 Å². The van der Waals surface area contributed by atoms with Crippen molar-refractivity contribution in [3.05, 3.63) is 60.0 Å². The molecule has 0 bridgehead atoms. The molecule has 7 amide bonds. The lowest BCUT2D eigenvalue weighted by Crippen LogP contribution is -2.50. The van der Waals surface area contributed by atoms with Gasteiger partial charge in [-0.2, -0.15) is 0 Å². The van der Waals surface area contributed by atoms with Crippen LogP contribution in [0.2, 0.25) is 0 Å². The number of ether oxygens (including phenoxy) is 2. The van der Waals surface area contributed by atoms with Crippen molar-refractivity contribution >= 4 is 70.5 Å². The number of aromatic nitrogens is 6. The number of anilines is 4. The van der Waals surface area contributed by atoms with Crippen molar-refractivity contribution in [1.82, 2.24) is 53.6 Å². The lowest BCUT2D eigenvalue weighted by atomic mass is 9.96. The van der Waals surface area contributed by atoms with Gasteiger partial charge >= 0.3 is 12.1 Å². The number of likely N-dealkylation sites (tertiary alicyclic amines) is 1. The summed E-state index contributed by atoms with van der Waals surface area (Å²) in [6.07, 6.45) is 7.38. The highest BCUT2D eigenvalue weighted by Crippen LogP contribution is 2.22. The zero-order chi connectivity index (χ0) is 53.0. The predicted molar refractivity (Wildman–Crippen MR) is 266 cm³/mol. The third-order valence-electron chi connectivity index (χ3n) is 12.0. The lowest BCUT2D eigenvalue weighted by Gasteiger charge is -2.39. The molecular weight excluding hydrogens is 951 g/mol. The van der Waals surface area contributed by atoms with Crippen molar-refractivity contribution in [2.24, 2.45) is 34.1 Å². The molecule has 26 heteroatoms.